The zero-order valence-corrected chi connectivity index (χ0v) is 21.2. The molecule has 2 heterocycles. The molecule has 1 aliphatic rings. The van der Waals surface area contributed by atoms with Gasteiger partial charge in [-0.2, -0.15) is 0 Å². The van der Waals surface area contributed by atoms with Crippen LogP contribution in [0.25, 0.3) is 0 Å². The average molecular weight is 492 g/mol. The predicted molar refractivity (Wildman–Crippen MR) is 140 cm³/mol. The maximum atomic E-state index is 12.1. The van der Waals surface area contributed by atoms with Crippen LogP contribution in [0.15, 0.2) is 79.0 Å². The molecule has 1 saturated heterocycles. The van der Waals surface area contributed by atoms with Crippen molar-refractivity contribution < 1.29 is 9.90 Å². The summed E-state index contributed by atoms with van der Waals surface area (Å²) >= 11 is 6.03. The lowest BCUT2D eigenvalue weighted by molar-refractivity contribution is -0.121. The quantitative estimate of drug-likeness (QED) is 0.450. The Labute approximate surface area is 213 Å². The minimum absolute atomic E-state index is 0.0483. The topological polar surface area (TPSA) is 65.5 Å². The fourth-order valence-electron chi connectivity index (χ4n) is 5.18. The van der Waals surface area contributed by atoms with Crippen molar-refractivity contribution >= 4 is 17.5 Å². The molecule has 0 spiro atoms. The summed E-state index contributed by atoms with van der Waals surface area (Å²) in [4.78, 5) is 19.1. The minimum Gasteiger partial charge on any atom is -0.385 e. The molecule has 1 aliphatic heterocycles. The third kappa shape index (κ3) is 5.92. The zero-order chi connectivity index (χ0) is 24.9. The lowest BCUT2D eigenvalue weighted by Gasteiger charge is -2.43. The first-order valence-electron chi connectivity index (χ1n) is 12.3. The molecule has 35 heavy (non-hydrogen) atoms. The van der Waals surface area contributed by atoms with Gasteiger partial charge in [0, 0.05) is 36.6 Å². The molecule has 2 unspecified atom stereocenters. The summed E-state index contributed by atoms with van der Waals surface area (Å²) in [5.74, 6) is -0.0483. The molecule has 1 fully saturated rings. The number of hydrogen-bond acceptors (Lipinski definition) is 4. The SMILES string of the molecule is CC(=O)NC(CCC(C)(c1ccccc1)c1ccccn1)N1CCC(O)(c2ccc(Cl)cc2)CC1. The highest BCUT2D eigenvalue weighted by molar-refractivity contribution is 6.30. The Hall–Kier alpha value is -2.73. The van der Waals surface area contributed by atoms with E-state index in [9.17, 15) is 9.90 Å². The number of nitrogens with zero attached hydrogens (tertiary/aromatic N) is 2. The lowest BCUT2D eigenvalue weighted by Crippen LogP contribution is -2.53. The van der Waals surface area contributed by atoms with Gasteiger partial charge in [-0.15, -0.1) is 0 Å². The highest BCUT2D eigenvalue weighted by atomic mass is 35.5. The molecule has 1 aromatic heterocycles. The molecular weight excluding hydrogens is 458 g/mol. The predicted octanol–water partition coefficient (Wildman–Crippen LogP) is 5.27. The number of amides is 1. The molecule has 3 aromatic rings. The maximum absolute atomic E-state index is 12.1. The van der Waals surface area contributed by atoms with Crippen molar-refractivity contribution in [2.75, 3.05) is 13.1 Å². The van der Waals surface area contributed by atoms with Gasteiger partial charge in [-0.05, 0) is 68.0 Å². The smallest absolute Gasteiger partial charge is 0.218 e. The normalized spacial score (nSPS) is 18.4. The number of aliphatic hydroxyl groups is 1. The molecule has 2 aromatic carbocycles. The van der Waals surface area contributed by atoms with E-state index in [1.54, 1.807) is 6.92 Å². The molecule has 0 bridgehead atoms. The van der Waals surface area contributed by atoms with Crippen LogP contribution in [0.3, 0.4) is 0 Å². The number of carbonyl (C=O) groups is 1. The summed E-state index contributed by atoms with van der Waals surface area (Å²) in [7, 11) is 0. The van der Waals surface area contributed by atoms with E-state index in [-0.39, 0.29) is 17.5 Å². The van der Waals surface area contributed by atoms with Crippen LogP contribution in [0.4, 0.5) is 0 Å². The summed E-state index contributed by atoms with van der Waals surface area (Å²) in [5.41, 5.74) is 1.94. The first-order valence-corrected chi connectivity index (χ1v) is 12.6. The Bertz CT molecular complexity index is 1060. The monoisotopic (exact) mass is 491 g/mol. The van der Waals surface area contributed by atoms with Crippen LogP contribution in [-0.4, -0.2) is 40.2 Å². The molecular formula is C29H34ClN3O2. The van der Waals surface area contributed by atoms with Crippen molar-refractivity contribution in [2.24, 2.45) is 0 Å². The number of halogens is 1. The third-order valence-electron chi connectivity index (χ3n) is 7.38. The van der Waals surface area contributed by atoms with Crippen LogP contribution in [-0.2, 0) is 15.8 Å². The molecule has 0 radical (unpaired) electrons. The number of likely N-dealkylation sites (tertiary alicyclic amines) is 1. The van der Waals surface area contributed by atoms with Crippen LogP contribution in [0.2, 0.25) is 5.02 Å². The van der Waals surface area contributed by atoms with E-state index in [4.69, 9.17) is 16.6 Å². The Morgan fingerprint density at radius 1 is 1.09 bits per heavy atom. The molecule has 2 N–H and O–H groups in total. The maximum Gasteiger partial charge on any atom is 0.218 e. The molecule has 2 atom stereocenters. The van der Waals surface area contributed by atoms with Crippen molar-refractivity contribution in [3.63, 3.8) is 0 Å². The number of nitrogens with one attached hydrogen (secondary N) is 1. The van der Waals surface area contributed by atoms with Crippen molar-refractivity contribution in [1.82, 2.24) is 15.2 Å². The first-order chi connectivity index (χ1) is 16.8. The highest BCUT2D eigenvalue weighted by Gasteiger charge is 2.37. The number of pyridine rings is 1. The molecule has 0 aliphatic carbocycles. The zero-order valence-electron chi connectivity index (χ0n) is 20.5. The number of benzene rings is 2. The minimum atomic E-state index is -0.881. The van der Waals surface area contributed by atoms with E-state index in [1.165, 1.54) is 5.56 Å². The third-order valence-corrected chi connectivity index (χ3v) is 7.63. The van der Waals surface area contributed by atoms with Gasteiger partial charge >= 0.3 is 0 Å². The summed E-state index contributed by atoms with van der Waals surface area (Å²) < 4.78 is 0. The Morgan fingerprint density at radius 2 is 1.74 bits per heavy atom. The molecule has 1 amide bonds. The van der Waals surface area contributed by atoms with Crippen LogP contribution < -0.4 is 5.32 Å². The molecule has 5 nitrogen and oxygen atoms in total. The number of hydrogen-bond donors (Lipinski definition) is 2. The fourth-order valence-corrected chi connectivity index (χ4v) is 5.30. The van der Waals surface area contributed by atoms with Gasteiger partial charge in [0.15, 0.2) is 0 Å². The first kappa shape index (κ1) is 25.4. The van der Waals surface area contributed by atoms with E-state index >= 15 is 0 Å². The largest absolute Gasteiger partial charge is 0.385 e. The Morgan fingerprint density at radius 3 is 2.34 bits per heavy atom. The van der Waals surface area contributed by atoms with E-state index < -0.39 is 5.60 Å². The van der Waals surface area contributed by atoms with Crippen molar-refractivity contribution in [1.29, 1.82) is 0 Å². The van der Waals surface area contributed by atoms with E-state index in [1.807, 2.05) is 48.7 Å². The summed E-state index contributed by atoms with van der Waals surface area (Å²) in [5, 5.41) is 15.1. The summed E-state index contributed by atoms with van der Waals surface area (Å²) in [6.07, 6.45) is 4.50. The van der Waals surface area contributed by atoms with Gasteiger partial charge in [-0.25, -0.2) is 0 Å². The molecule has 6 heteroatoms. The van der Waals surface area contributed by atoms with E-state index in [2.05, 4.69) is 47.5 Å². The highest BCUT2D eigenvalue weighted by Crippen LogP contribution is 2.37. The number of carbonyl (C=O) groups excluding carboxylic acids is 1. The van der Waals surface area contributed by atoms with Gasteiger partial charge in [0.05, 0.1) is 17.5 Å². The number of rotatable bonds is 8. The van der Waals surface area contributed by atoms with Crippen molar-refractivity contribution in [2.45, 2.75) is 56.7 Å². The van der Waals surface area contributed by atoms with Crippen LogP contribution in [0.1, 0.15) is 56.4 Å². The van der Waals surface area contributed by atoms with Gasteiger partial charge in [-0.1, -0.05) is 60.1 Å². The van der Waals surface area contributed by atoms with Crippen LogP contribution in [0, 0.1) is 0 Å². The molecule has 0 saturated carbocycles. The van der Waals surface area contributed by atoms with E-state index in [0.717, 1.165) is 24.1 Å². The number of aromatic nitrogens is 1. The van der Waals surface area contributed by atoms with Crippen LogP contribution >= 0.6 is 11.6 Å². The van der Waals surface area contributed by atoms with Gasteiger partial charge in [0.1, 0.15) is 0 Å². The van der Waals surface area contributed by atoms with Gasteiger partial charge < -0.3 is 10.4 Å². The van der Waals surface area contributed by atoms with E-state index in [0.29, 0.717) is 31.0 Å². The second-order valence-electron chi connectivity index (χ2n) is 9.74. The van der Waals surface area contributed by atoms with Gasteiger partial charge in [-0.3, -0.25) is 14.7 Å². The average Bonchev–Trinajstić information content (AvgIpc) is 2.88. The van der Waals surface area contributed by atoms with Crippen LogP contribution in [0.5, 0.6) is 0 Å². The summed E-state index contributed by atoms with van der Waals surface area (Å²) in [6.45, 7) is 5.17. The Balaban J connectivity index is 1.51. The van der Waals surface area contributed by atoms with Gasteiger partial charge in [0.25, 0.3) is 0 Å². The second kappa shape index (κ2) is 10.9. The fraction of sp³-hybridized carbons (Fsp3) is 0.379. The Kier molecular flexibility index (Phi) is 7.90. The number of piperidine rings is 1. The van der Waals surface area contributed by atoms with Crippen molar-refractivity contribution in [3.8, 4) is 0 Å². The second-order valence-corrected chi connectivity index (χ2v) is 10.2. The van der Waals surface area contributed by atoms with Gasteiger partial charge in [0.2, 0.25) is 5.91 Å². The molecule has 4 rings (SSSR count). The molecule has 184 valence electrons. The van der Waals surface area contributed by atoms with Crippen molar-refractivity contribution in [3.05, 3.63) is 101 Å². The lowest BCUT2D eigenvalue weighted by atomic mass is 9.75. The summed E-state index contributed by atoms with van der Waals surface area (Å²) in [6, 6.07) is 23.9. The standard InChI is InChI=1S/C29H34ClN3O2/c1-22(34)32-27(33-20-17-29(35,18-21-33)24-11-13-25(30)14-12-24)15-16-28(2,23-8-4-3-5-9-23)26-10-6-7-19-31-26/h3-14,19,27,35H,15-18,20-21H2,1-2H3,(H,32,34).